The number of hydrogen-bond acceptors (Lipinski definition) is 3. The van der Waals surface area contributed by atoms with Gasteiger partial charge in [0.25, 0.3) is 5.91 Å². The Morgan fingerprint density at radius 2 is 1.92 bits per heavy atom. The molecule has 5 nitrogen and oxygen atoms in total. The molecule has 5 heteroatoms. The standard InChI is InChI=1S/C20H21N3O2/c1-13-4-6-15(7-5-13)14(2)23-20(24)18-9-8-16(10-19(18)25-3)17-11-21-22-12-17/h4-12,14H,1-3H3,(H,21,22)(H,23,24)/t14-/m1/s1. The average Bonchev–Trinajstić information content (AvgIpc) is 3.16. The summed E-state index contributed by atoms with van der Waals surface area (Å²) in [5.41, 5.74) is 4.65. The summed E-state index contributed by atoms with van der Waals surface area (Å²) in [5.74, 6) is 0.371. The molecule has 25 heavy (non-hydrogen) atoms. The van der Waals surface area contributed by atoms with Crippen LogP contribution in [-0.4, -0.2) is 23.2 Å². The van der Waals surface area contributed by atoms with E-state index in [9.17, 15) is 4.79 Å². The van der Waals surface area contributed by atoms with Crippen LogP contribution in [0, 0.1) is 6.92 Å². The van der Waals surface area contributed by atoms with Crippen molar-refractivity contribution in [1.29, 1.82) is 0 Å². The van der Waals surface area contributed by atoms with Crippen molar-refractivity contribution in [2.45, 2.75) is 19.9 Å². The summed E-state index contributed by atoms with van der Waals surface area (Å²) in [6, 6.07) is 13.6. The van der Waals surface area contributed by atoms with Gasteiger partial charge in [0.2, 0.25) is 0 Å². The number of aromatic nitrogens is 2. The number of aromatic amines is 1. The molecule has 3 rings (SSSR count). The molecule has 0 aliphatic rings. The van der Waals surface area contributed by atoms with Crippen molar-refractivity contribution in [2.24, 2.45) is 0 Å². The predicted molar refractivity (Wildman–Crippen MR) is 97.6 cm³/mol. The van der Waals surface area contributed by atoms with E-state index in [1.807, 2.05) is 50.2 Å². The van der Waals surface area contributed by atoms with Gasteiger partial charge in [0.1, 0.15) is 5.75 Å². The molecule has 2 aromatic carbocycles. The summed E-state index contributed by atoms with van der Waals surface area (Å²) in [4.78, 5) is 12.7. The molecule has 1 atom stereocenters. The normalized spacial score (nSPS) is 11.8. The largest absolute Gasteiger partial charge is 0.496 e. The highest BCUT2D eigenvalue weighted by molar-refractivity contribution is 5.97. The molecule has 0 fully saturated rings. The number of rotatable bonds is 5. The zero-order valence-electron chi connectivity index (χ0n) is 14.5. The quantitative estimate of drug-likeness (QED) is 0.743. The lowest BCUT2D eigenvalue weighted by atomic mass is 10.0. The van der Waals surface area contributed by atoms with Crippen molar-refractivity contribution in [1.82, 2.24) is 15.5 Å². The third-order valence-electron chi connectivity index (χ3n) is 4.20. The number of nitrogens with zero attached hydrogens (tertiary/aromatic N) is 1. The van der Waals surface area contributed by atoms with Crippen LogP contribution in [0.4, 0.5) is 0 Å². The van der Waals surface area contributed by atoms with E-state index in [2.05, 4.69) is 15.5 Å². The van der Waals surface area contributed by atoms with Crippen LogP contribution in [0.15, 0.2) is 54.9 Å². The van der Waals surface area contributed by atoms with E-state index in [-0.39, 0.29) is 11.9 Å². The van der Waals surface area contributed by atoms with Crippen molar-refractivity contribution in [3.8, 4) is 16.9 Å². The van der Waals surface area contributed by atoms with E-state index in [0.29, 0.717) is 11.3 Å². The van der Waals surface area contributed by atoms with E-state index in [4.69, 9.17) is 4.74 Å². The van der Waals surface area contributed by atoms with Gasteiger partial charge in [0.05, 0.1) is 24.9 Å². The molecule has 0 unspecified atom stereocenters. The Morgan fingerprint density at radius 1 is 1.16 bits per heavy atom. The van der Waals surface area contributed by atoms with Gasteiger partial charge in [0, 0.05) is 11.8 Å². The molecule has 0 aliphatic heterocycles. The molecule has 0 aliphatic carbocycles. The van der Waals surface area contributed by atoms with Gasteiger partial charge in [-0.25, -0.2) is 0 Å². The summed E-state index contributed by atoms with van der Waals surface area (Å²) in [7, 11) is 1.56. The fraction of sp³-hybridized carbons (Fsp3) is 0.200. The van der Waals surface area contributed by atoms with Crippen LogP contribution >= 0.6 is 0 Å². The topological polar surface area (TPSA) is 67.0 Å². The van der Waals surface area contributed by atoms with Crippen LogP contribution in [0.2, 0.25) is 0 Å². The van der Waals surface area contributed by atoms with Gasteiger partial charge >= 0.3 is 0 Å². The first kappa shape index (κ1) is 16.8. The van der Waals surface area contributed by atoms with Crippen molar-refractivity contribution in [3.05, 3.63) is 71.5 Å². The number of carbonyl (C=O) groups excluding carboxylic acids is 1. The highest BCUT2D eigenvalue weighted by Crippen LogP contribution is 2.27. The van der Waals surface area contributed by atoms with Gasteiger partial charge in [-0.05, 0) is 37.1 Å². The Bertz CT molecular complexity index is 855. The molecule has 0 spiro atoms. The van der Waals surface area contributed by atoms with Gasteiger partial charge < -0.3 is 10.1 Å². The fourth-order valence-electron chi connectivity index (χ4n) is 2.68. The van der Waals surface area contributed by atoms with Gasteiger partial charge in [-0.3, -0.25) is 9.89 Å². The number of ether oxygens (including phenoxy) is 1. The maximum Gasteiger partial charge on any atom is 0.255 e. The van der Waals surface area contributed by atoms with Gasteiger partial charge in [-0.15, -0.1) is 0 Å². The highest BCUT2D eigenvalue weighted by Gasteiger charge is 2.16. The Balaban J connectivity index is 1.80. The van der Waals surface area contributed by atoms with Crippen LogP contribution in [0.3, 0.4) is 0 Å². The van der Waals surface area contributed by atoms with E-state index in [1.54, 1.807) is 25.6 Å². The van der Waals surface area contributed by atoms with Crippen molar-refractivity contribution in [3.63, 3.8) is 0 Å². The van der Waals surface area contributed by atoms with Crippen LogP contribution in [0.5, 0.6) is 5.75 Å². The fourth-order valence-corrected chi connectivity index (χ4v) is 2.68. The van der Waals surface area contributed by atoms with Crippen molar-refractivity contribution >= 4 is 5.91 Å². The predicted octanol–water partition coefficient (Wildman–Crippen LogP) is 3.88. The van der Waals surface area contributed by atoms with Gasteiger partial charge in [-0.1, -0.05) is 35.9 Å². The molecule has 3 aromatic rings. The molecule has 1 heterocycles. The Labute approximate surface area is 147 Å². The summed E-state index contributed by atoms with van der Waals surface area (Å²) >= 11 is 0. The van der Waals surface area contributed by atoms with E-state index in [0.717, 1.165) is 16.7 Å². The second-order valence-electron chi connectivity index (χ2n) is 6.01. The SMILES string of the molecule is COc1cc(-c2cn[nH]c2)ccc1C(=O)N[C@H](C)c1ccc(C)cc1. The average molecular weight is 335 g/mol. The Kier molecular flexibility index (Phi) is 4.84. The molecule has 0 saturated heterocycles. The molecule has 1 aromatic heterocycles. The zero-order chi connectivity index (χ0) is 17.8. The van der Waals surface area contributed by atoms with E-state index < -0.39 is 0 Å². The number of methoxy groups -OCH3 is 1. The minimum Gasteiger partial charge on any atom is -0.496 e. The van der Waals surface area contributed by atoms with Crippen LogP contribution < -0.4 is 10.1 Å². The van der Waals surface area contributed by atoms with Crippen LogP contribution in [0.1, 0.15) is 34.5 Å². The molecule has 0 bridgehead atoms. The Hall–Kier alpha value is -3.08. The maximum absolute atomic E-state index is 12.7. The number of hydrogen-bond donors (Lipinski definition) is 2. The summed E-state index contributed by atoms with van der Waals surface area (Å²) in [5, 5.41) is 9.75. The summed E-state index contributed by atoms with van der Waals surface area (Å²) < 4.78 is 5.42. The summed E-state index contributed by atoms with van der Waals surface area (Å²) in [6.07, 6.45) is 3.53. The highest BCUT2D eigenvalue weighted by atomic mass is 16.5. The molecule has 0 saturated carbocycles. The third kappa shape index (κ3) is 3.71. The minimum absolute atomic E-state index is 0.0913. The van der Waals surface area contributed by atoms with E-state index >= 15 is 0 Å². The third-order valence-corrected chi connectivity index (χ3v) is 4.20. The van der Waals surface area contributed by atoms with Crippen LogP contribution in [0.25, 0.3) is 11.1 Å². The number of amides is 1. The molecule has 1 amide bonds. The molecule has 0 radical (unpaired) electrons. The number of carbonyl (C=O) groups is 1. The first-order valence-electron chi connectivity index (χ1n) is 8.13. The first-order valence-corrected chi connectivity index (χ1v) is 8.13. The second-order valence-corrected chi connectivity index (χ2v) is 6.01. The molecular formula is C20H21N3O2. The number of aryl methyl sites for hydroxylation is 1. The lowest BCUT2D eigenvalue weighted by Crippen LogP contribution is -2.27. The second kappa shape index (κ2) is 7.21. The molecule has 128 valence electrons. The number of nitrogens with one attached hydrogen (secondary N) is 2. The molecule has 2 N–H and O–H groups in total. The minimum atomic E-state index is -0.163. The van der Waals surface area contributed by atoms with Gasteiger partial charge in [-0.2, -0.15) is 5.10 Å². The van der Waals surface area contributed by atoms with Gasteiger partial charge in [0.15, 0.2) is 0 Å². The first-order chi connectivity index (χ1) is 12.1. The molecular weight excluding hydrogens is 314 g/mol. The number of benzene rings is 2. The monoisotopic (exact) mass is 335 g/mol. The maximum atomic E-state index is 12.7. The lowest BCUT2D eigenvalue weighted by molar-refractivity contribution is 0.0937. The smallest absolute Gasteiger partial charge is 0.255 e. The van der Waals surface area contributed by atoms with Crippen molar-refractivity contribution in [2.75, 3.05) is 7.11 Å². The Morgan fingerprint density at radius 3 is 2.56 bits per heavy atom. The number of H-pyrrole nitrogens is 1. The van der Waals surface area contributed by atoms with Crippen molar-refractivity contribution < 1.29 is 9.53 Å². The van der Waals surface area contributed by atoms with E-state index in [1.165, 1.54) is 5.56 Å². The lowest BCUT2D eigenvalue weighted by Gasteiger charge is -2.16. The van der Waals surface area contributed by atoms with Crippen LogP contribution in [-0.2, 0) is 0 Å². The summed E-state index contributed by atoms with van der Waals surface area (Å²) in [6.45, 7) is 4.01. The zero-order valence-corrected chi connectivity index (χ0v) is 14.5.